The molecule has 0 spiro atoms. The van der Waals surface area contributed by atoms with Gasteiger partial charge in [0.15, 0.2) is 0 Å². The average molecular weight is 414 g/mol. The summed E-state index contributed by atoms with van der Waals surface area (Å²) in [5.74, 6) is -0.428. The molecule has 1 N–H and O–H groups in total. The zero-order chi connectivity index (χ0) is 20.5. The highest BCUT2D eigenvalue weighted by Gasteiger charge is 2.28. The second-order valence-corrected chi connectivity index (χ2v) is 7.90. The van der Waals surface area contributed by atoms with Crippen LogP contribution < -0.4 is 10.1 Å². The average Bonchev–Trinajstić information content (AvgIpc) is 2.61. The third-order valence-electron chi connectivity index (χ3n) is 5.12. The normalized spacial score (nSPS) is 20.4. The first-order valence-electron chi connectivity index (χ1n) is 9.03. The zero-order valence-corrected chi connectivity index (χ0v) is 16.4. The number of amides is 1. The summed E-state index contributed by atoms with van der Waals surface area (Å²) in [4.78, 5) is 16.7. The SMILES string of the molecule is C[N+](C)([O-])C1CCC(NC(=O)c2cnc3cc(OC(F)F)c(Cl)cc3c2)CC1. The van der Waals surface area contributed by atoms with Crippen molar-refractivity contribution in [2.75, 3.05) is 14.1 Å². The number of aromatic nitrogens is 1. The van der Waals surface area contributed by atoms with Crippen molar-refractivity contribution in [2.24, 2.45) is 0 Å². The molecule has 1 heterocycles. The Morgan fingerprint density at radius 1 is 1.29 bits per heavy atom. The maximum absolute atomic E-state index is 12.6. The number of halogens is 3. The summed E-state index contributed by atoms with van der Waals surface area (Å²) in [6, 6.07) is 4.44. The number of carbonyl (C=O) groups excluding carboxylic acids is 1. The molecule has 152 valence electrons. The Morgan fingerprint density at radius 2 is 1.96 bits per heavy atom. The standard InChI is InChI=1S/C19H22ClF2N3O3/c1-25(2,27)14-5-3-13(4-6-14)24-18(26)12-7-11-8-15(20)17(28-19(21)22)9-16(11)23-10-12/h7-10,13-14,19H,3-6H2,1-2H3,(H,24,26). The van der Waals surface area contributed by atoms with Crippen LogP contribution in [0, 0.1) is 5.21 Å². The number of nitrogens with one attached hydrogen (secondary N) is 1. The van der Waals surface area contributed by atoms with Crippen molar-refractivity contribution in [3.63, 3.8) is 0 Å². The van der Waals surface area contributed by atoms with Gasteiger partial charge in [-0.1, -0.05) is 11.6 Å². The van der Waals surface area contributed by atoms with Crippen LogP contribution in [-0.4, -0.2) is 48.3 Å². The van der Waals surface area contributed by atoms with E-state index in [1.54, 1.807) is 20.2 Å². The van der Waals surface area contributed by atoms with Crippen molar-refractivity contribution in [1.29, 1.82) is 0 Å². The van der Waals surface area contributed by atoms with Crippen molar-refractivity contribution in [3.8, 4) is 5.75 Å². The Morgan fingerprint density at radius 3 is 2.57 bits per heavy atom. The molecule has 6 nitrogen and oxygen atoms in total. The summed E-state index contributed by atoms with van der Waals surface area (Å²) in [7, 11) is 3.29. The molecular formula is C19H22ClF2N3O3. The molecule has 0 bridgehead atoms. The van der Waals surface area contributed by atoms with Gasteiger partial charge in [-0.05, 0) is 25.0 Å². The van der Waals surface area contributed by atoms with E-state index in [0.29, 0.717) is 16.5 Å². The minimum Gasteiger partial charge on any atom is -0.633 e. The van der Waals surface area contributed by atoms with Crippen LogP contribution in [0.2, 0.25) is 5.02 Å². The first-order chi connectivity index (χ1) is 13.1. The molecule has 1 fully saturated rings. The van der Waals surface area contributed by atoms with Gasteiger partial charge in [0.2, 0.25) is 0 Å². The number of hydrogen-bond donors (Lipinski definition) is 1. The highest BCUT2D eigenvalue weighted by molar-refractivity contribution is 6.32. The number of hydroxylamine groups is 3. The van der Waals surface area contributed by atoms with Crippen LogP contribution in [-0.2, 0) is 0 Å². The van der Waals surface area contributed by atoms with Gasteiger partial charge < -0.3 is 19.9 Å². The Labute approximate surface area is 166 Å². The van der Waals surface area contributed by atoms with Crippen molar-refractivity contribution >= 4 is 28.4 Å². The van der Waals surface area contributed by atoms with Gasteiger partial charge in [-0.3, -0.25) is 9.78 Å². The molecule has 0 radical (unpaired) electrons. The van der Waals surface area contributed by atoms with Crippen molar-refractivity contribution < 1.29 is 23.0 Å². The van der Waals surface area contributed by atoms with Crippen LogP contribution in [0.5, 0.6) is 5.75 Å². The quantitative estimate of drug-likeness (QED) is 0.591. The van der Waals surface area contributed by atoms with Gasteiger partial charge >= 0.3 is 6.61 Å². The lowest BCUT2D eigenvalue weighted by Crippen LogP contribution is -2.48. The summed E-state index contributed by atoms with van der Waals surface area (Å²) in [5.41, 5.74) is 0.751. The summed E-state index contributed by atoms with van der Waals surface area (Å²) < 4.78 is 28.9. The first kappa shape index (κ1) is 20.7. The minimum atomic E-state index is -2.99. The van der Waals surface area contributed by atoms with Crippen LogP contribution in [0.1, 0.15) is 36.0 Å². The molecule has 0 atom stereocenters. The molecule has 0 unspecified atom stereocenters. The molecule has 1 aromatic carbocycles. The molecule has 1 amide bonds. The fraction of sp³-hybridized carbons (Fsp3) is 0.474. The number of alkyl halides is 2. The maximum atomic E-state index is 12.6. The van der Waals surface area contributed by atoms with Crippen molar-refractivity contribution in [3.05, 3.63) is 40.2 Å². The molecule has 1 aliphatic carbocycles. The van der Waals surface area contributed by atoms with Gasteiger partial charge in [0.1, 0.15) is 5.75 Å². The second kappa shape index (κ2) is 8.14. The van der Waals surface area contributed by atoms with Gasteiger partial charge in [-0.25, -0.2) is 0 Å². The number of quaternary nitrogens is 1. The number of carbonyl (C=O) groups is 1. The van der Waals surface area contributed by atoms with Gasteiger partial charge in [-0.2, -0.15) is 8.78 Å². The van der Waals surface area contributed by atoms with E-state index in [1.807, 2.05) is 0 Å². The van der Waals surface area contributed by atoms with E-state index < -0.39 is 6.61 Å². The predicted octanol–water partition coefficient (Wildman–Crippen LogP) is 4.10. The van der Waals surface area contributed by atoms with E-state index >= 15 is 0 Å². The van der Waals surface area contributed by atoms with E-state index in [1.165, 1.54) is 18.3 Å². The molecule has 3 rings (SSSR count). The van der Waals surface area contributed by atoms with E-state index in [2.05, 4.69) is 15.0 Å². The zero-order valence-electron chi connectivity index (χ0n) is 15.6. The third kappa shape index (κ3) is 4.87. The van der Waals surface area contributed by atoms with Gasteiger partial charge in [0, 0.05) is 36.5 Å². The van der Waals surface area contributed by atoms with Crippen LogP contribution in [0.3, 0.4) is 0 Å². The number of pyridine rings is 1. The summed E-state index contributed by atoms with van der Waals surface area (Å²) in [6.07, 6.45) is 4.42. The van der Waals surface area contributed by atoms with Crippen LogP contribution >= 0.6 is 11.6 Å². The van der Waals surface area contributed by atoms with E-state index in [-0.39, 0.29) is 33.4 Å². The Balaban J connectivity index is 1.69. The largest absolute Gasteiger partial charge is 0.633 e. The third-order valence-corrected chi connectivity index (χ3v) is 5.42. The predicted molar refractivity (Wildman–Crippen MR) is 102 cm³/mol. The van der Waals surface area contributed by atoms with Crippen LogP contribution in [0.25, 0.3) is 10.9 Å². The molecule has 2 aromatic rings. The number of fused-ring (bicyclic) bond motifs is 1. The second-order valence-electron chi connectivity index (χ2n) is 7.49. The minimum absolute atomic E-state index is 0.0106. The van der Waals surface area contributed by atoms with Gasteiger partial charge in [0.05, 0.1) is 36.2 Å². The lowest BCUT2D eigenvalue weighted by atomic mass is 9.90. The monoisotopic (exact) mass is 413 g/mol. The highest BCUT2D eigenvalue weighted by Crippen LogP contribution is 2.31. The molecule has 28 heavy (non-hydrogen) atoms. The molecular weight excluding hydrogens is 392 g/mol. The van der Waals surface area contributed by atoms with Crippen LogP contribution in [0.15, 0.2) is 24.4 Å². The molecule has 0 saturated heterocycles. The summed E-state index contributed by atoms with van der Waals surface area (Å²) in [5, 5.41) is 15.6. The number of rotatable bonds is 5. The molecule has 1 aromatic heterocycles. The van der Waals surface area contributed by atoms with Crippen molar-refractivity contribution in [1.82, 2.24) is 10.3 Å². The topological polar surface area (TPSA) is 74.3 Å². The van der Waals surface area contributed by atoms with E-state index in [4.69, 9.17) is 11.6 Å². The number of ether oxygens (including phenoxy) is 1. The fourth-order valence-electron chi connectivity index (χ4n) is 3.55. The van der Waals surface area contributed by atoms with E-state index in [0.717, 1.165) is 25.7 Å². The van der Waals surface area contributed by atoms with Crippen molar-refractivity contribution in [2.45, 2.75) is 44.4 Å². The fourth-order valence-corrected chi connectivity index (χ4v) is 3.77. The number of benzene rings is 1. The van der Waals surface area contributed by atoms with Crippen LogP contribution in [0.4, 0.5) is 8.78 Å². The number of hydrogen-bond acceptors (Lipinski definition) is 4. The smallest absolute Gasteiger partial charge is 0.387 e. The Bertz CT molecular complexity index is 865. The maximum Gasteiger partial charge on any atom is 0.387 e. The lowest BCUT2D eigenvalue weighted by molar-refractivity contribution is -0.868. The highest BCUT2D eigenvalue weighted by atomic mass is 35.5. The summed E-state index contributed by atoms with van der Waals surface area (Å²) in [6.45, 7) is -2.99. The first-order valence-corrected chi connectivity index (χ1v) is 9.41. The molecule has 0 aliphatic heterocycles. The van der Waals surface area contributed by atoms with E-state index in [9.17, 15) is 18.8 Å². The van der Waals surface area contributed by atoms with Gasteiger partial charge in [-0.15, -0.1) is 0 Å². The Kier molecular flexibility index (Phi) is 6.02. The molecule has 1 aliphatic rings. The number of nitrogens with zero attached hydrogens (tertiary/aromatic N) is 2. The Hall–Kier alpha value is -2.03. The molecule has 9 heteroatoms. The van der Waals surface area contributed by atoms with Gasteiger partial charge in [0.25, 0.3) is 5.91 Å². The molecule has 1 saturated carbocycles. The summed E-state index contributed by atoms with van der Waals surface area (Å²) >= 11 is 5.97. The lowest BCUT2D eigenvalue weighted by Gasteiger charge is -2.45.